The van der Waals surface area contributed by atoms with Crippen LogP contribution in [0.15, 0.2) is 22.5 Å². The topological polar surface area (TPSA) is 65.5 Å². The Morgan fingerprint density at radius 1 is 1.38 bits per heavy atom. The third-order valence-corrected chi connectivity index (χ3v) is 5.22. The van der Waals surface area contributed by atoms with Gasteiger partial charge in [0.25, 0.3) is 0 Å². The van der Waals surface area contributed by atoms with E-state index < -0.39 is 0 Å². The molecule has 6 heteroatoms. The first-order valence-corrected chi connectivity index (χ1v) is 9.75. The lowest BCUT2D eigenvalue weighted by Crippen LogP contribution is -2.39. The largest absolute Gasteiger partial charge is 0.357 e. The number of carbonyl (C=O) groups is 1. The molecule has 24 heavy (non-hydrogen) atoms. The Hall–Kier alpha value is -1.56. The molecule has 0 spiro atoms. The molecule has 0 saturated heterocycles. The van der Waals surface area contributed by atoms with Crippen LogP contribution in [0.4, 0.5) is 0 Å². The first-order valence-electron chi connectivity index (χ1n) is 8.87. The molecule has 0 radical (unpaired) electrons. The van der Waals surface area contributed by atoms with Gasteiger partial charge in [0.2, 0.25) is 5.91 Å². The van der Waals surface area contributed by atoms with Gasteiger partial charge < -0.3 is 16.0 Å². The summed E-state index contributed by atoms with van der Waals surface area (Å²) in [5, 5.41) is 11.7. The molecule has 1 fully saturated rings. The fraction of sp³-hybridized carbons (Fsp3) is 0.667. The Balaban J connectivity index is 1.74. The summed E-state index contributed by atoms with van der Waals surface area (Å²) in [5.74, 6) is 0.991. The molecule has 1 aliphatic rings. The molecule has 0 aromatic carbocycles. The molecule has 1 heterocycles. The van der Waals surface area contributed by atoms with Crippen LogP contribution in [0, 0.1) is 0 Å². The van der Waals surface area contributed by atoms with Crippen molar-refractivity contribution in [1.82, 2.24) is 16.0 Å². The van der Waals surface area contributed by atoms with Gasteiger partial charge in [-0.2, -0.15) is 0 Å². The number of amides is 1. The van der Waals surface area contributed by atoms with Gasteiger partial charge >= 0.3 is 0 Å². The van der Waals surface area contributed by atoms with Crippen molar-refractivity contribution in [2.24, 2.45) is 4.99 Å². The van der Waals surface area contributed by atoms with Crippen molar-refractivity contribution >= 4 is 23.2 Å². The molecule has 0 bridgehead atoms. The standard InChI is InChI=1S/C18H30N4OS/c1-4-19-17(20-11-5-8-16(23)22-14-9-10-14)21-13-18(2,3)15-7-6-12-24-15/h6-7,12,14H,4-5,8-11,13H2,1-3H3,(H,22,23)(H2,19,20,21). The molecule has 3 N–H and O–H groups in total. The van der Waals surface area contributed by atoms with Gasteiger partial charge in [-0.25, -0.2) is 0 Å². The number of nitrogens with one attached hydrogen (secondary N) is 3. The van der Waals surface area contributed by atoms with Gasteiger partial charge in [-0.3, -0.25) is 9.79 Å². The van der Waals surface area contributed by atoms with Gasteiger partial charge in [-0.1, -0.05) is 19.9 Å². The number of hydrogen-bond acceptors (Lipinski definition) is 3. The highest BCUT2D eigenvalue weighted by molar-refractivity contribution is 7.10. The van der Waals surface area contributed by atoms with Gasteiger partial charge in [-0.15, -0.1) is 11.3 Å². The van der Waals surface area contributed by atoms with Crippen LogP contribution in [0.25, 0.3) is 0 Å². The monoisotopic (exact) mass is 350 g/mol. The minimum absolute atomic E-state index is 0.0284. The normalized spacial score (nSPS) is 15.2. The SMILES string of the molecule is CCNC(=NCC(C)(C)c1cccs1)NCCCC(=O)NC1CC1. The number of carbonyl (C=O) groups excluding carboxylic acids is 1. The van der Waals surface area contributed by atoms with E-state index in [0.717, 1.165) is 44.9 Å². The third-order valence-electron chi connectivity index (χ3n) is 3.98. The zero-order valence-electron chi connectivity index (χ0n) is 15.0. The molecule has 1 aliphatic carbocycles. The lowest BCUT2D eigenvalue weighted by molar-refractivity contribution is -0.121. The first kappa shape index (κ1) is 18.8. The van der Waals surface area contributed by atoms with E-state index in [4.69, 9.17) is 4.99 Å². The number of hydrogen-bond donors (Lipinski definition) is 3. The van der Waals surface area contributed by atoms with Crippen LogP contribution < -0.4 is 16.0 Å². The van der Waals surface area contributed by atoms with Gasteiger partial charge in [-0.05, 0) is 37.6 Å². The van der Waals surface area contributed by atoms with Crippen LogP contribution in [0.3, 0.4) is 0 Å². The molecule has 0 atom stereocenters. The molecular formula is C18H30N4OS. The summed E-state index contributed by atoms with van der Waals surface area (Å²) in [6.07, 6.45) is 3.67. The van der Waals surface area contributed by atoms with Crippen LogP contribution >= 0.6 is 11.3 Å². The molecule has 2 rings (SSSR count). The van der Waals surface area contributed by atoms with Crippen LogP contribution in [-0.2, 0) is 10.2 Å². The van der Waals surface area contributed by atoms with E-state index >= 15 is 0 Å². The summed E-state index contributed by atoms with van der Waals surface area (Å²) in [6, 6.07) is 4.70. The van der Waals surface area contributed by atoms with Crippen molar-refractivity contribution < 1.29 is 4.79 Å². The number of guanidine groups is 1. The van der Waals surface area contributed by atoms with E-state index in [9.17, 15) is 4.79 Å². The maximum atomic E-state index is 11.7. The maximum absolute atomic E-state index is 11.7. The van der Waals surface area contributed by atoms with E-state index in [1.54, 1.807) is 11.3 Å². The molecule has 5 nitrogen and oxygen atoms in total. The fourth-order valence-electron chi connectivity index (χ4n) is 2.34. The third kappa shape index (κ3) is 6.51. The van der Waals surface area contributed by atoms with E-state index in [1.807, 2.05) is 0 Å². The average Bonchev–Trinajstić information content (AvgIpc) is 3.16. The second-order valence-electron chi connectivity index (χ2n) is 6.93. The second-order valence-corrected chi connectivity index (χ2v) is 7.88. The van der Waals surface area contributed by atoms with Gasteiger partial charge in [0, 0.05) is 35.8 Å². The molecule has 1 amide bonds. The van der Waals surface area contributed by atoms with E-state index in [2.05, 4.69) is 54.2 Å². The highest BCUT2D eigenvalue weighted by atomic mass is 32.1. The number of nitrogens with zero attached hydrogens (tertiary/aromatic N) is 1. The Bertz CT molecular complexity index is 535. The lowest BCUT2D eigenvalue weighted by atomic mass is 9.92. The van der Waals surface area contributed by atoms with Crippen molar-refractivity contribution in [1.29, 1.82) is 0 Å². The van der Waals surface area contributed by atoms with Crippen molar-refractivity contribution in [2.45, 2.75) is 57.9 Å². The fourth-order valence-corrected chi connectivity index (χ4v) is 3.19. The summed E-state index contributed by atoms with van der Waals surface area (Å²) in [6.45, 7) is 8.80. The summed E-state index contributed by atoms with van der Waals surface area (Å²) in [7, 11) is 0. The molecule has 0 unspecified atom stereocenters. The summed E-state index contributed by atoms with van der Waals surface area (Å²) in [5.41, 5.74) is 0.0284. The molecular weight excluding hydrogens is 320 g/mol. The maximum Gasteiger partial charge on any atom is 0.220 e. The smallest absolute Gasteiger partial charge is 0.220 e. The summed E-state index contributed by atoms with van der Waals surface area (Å²) < 4.78 is 0. The Morgan fingerprint density at radius 3 is 2.79 bits per heavy atom. The van der Waals surface area contributed by atoms with Crippen molar-refractivity contribution in [2.75, 3.05) is 19.6 Å². The molecule has 1 saturated carbocycles. The molecule has 134 valence electrons. The van der Waals surface area contributed by atoms with E-state index in [-0.39, 0.29) is 11.3 Å². The average molecular weight is 351 g/mol. The zero-order chi connectivity index (χ0) is 17.4. The number of aliphatic imine (C=N–C) groups is 1. The Morgan fingerprint density at radius 2 is 2.17 bits per heavy atom. The Labute approximate surface area is 149 Å². The quantitative estimate of drug-likeness (QED) is 0.364. The highest BCUT2D eigenvalue weighted by Crippen LogP contribution is 2.27. The zero-order valence-corrected chi connectivity index (χ0v) is 15.8. The lowest BCUT2D eigenvalue weighted by Gasteiger charge is -2.21. The van der Waals surface area contributed by atoms with Crippen molar-refractivity contribution in [3.8, 4) is 0 Å². The van der Waals surface area contributed by atoms with Gasteiger partial charge in [0.15, 0.2) is 5.96 Å². The predicted octanol–water partition coefficient (Wildman–Crippen LogP) is 2.64. The molecule has 1 aromatic rings. The minimum Gasteiger partial charge on any atom is -0.357 e. The summed E-state index contributed by atoms with van der Waals surface area (Å²) >= 11 is 1.77. The van der Waals surface area contributed by atoms with E-state index in [1.165, 1.54) is 4.88 Å². The summed E-state index contributed by atoms with van der Waals surface area (Å²) in [4.78, 5) is 17.7. The number of rotatable bonds is 9. The van der Waals surface area contributed by atoms with Gasteiger partial charge in [0.05, 0.1) is 6.54 Å². The molecule has 0 aliphatic heterocycles. The predicted molar refractivity (Wildman–Crippen MR) is 102 cm³/mol. The Kier molecular flexibility index (Phi) is 7.09. The van der Waals surface area contributed by atoms with Crippen molar-refractivity contribution in [3.05, 3.63) is 22.4 Å². The van der Waals surface area contributed by atoms with Crippen LogP contribution in [0.2, 0.25) is 0 Å². The van der Waals surface area contributed by atoms with Crippen molar-refractivity contribution in [3.63, 3.8) is 0 Å². The first-order chi connectivity index (χ1) is 11.5. The highest BCUT2D eigenvalue weighted by Gasteiger charge is 2.23. The number of thiophene rings is 1. The van der Waals surface area contributed by atoms with Crippen LogP contribution in [-0.4, -0.2) is 37.5 Å². The van der Waals surface area contributed by atoms with E-state index in [0.29, 0.717) is 12.5 Å². The molecule has 1 aromatic heterocycles. The van der Waals surface area contributed by atoms with Gasteiger partial charge in [0.1, 0.15) is 0 Å². The van der Waals surface area contributed by atoms with Crippen LogP contribution in [0.5, 0.6) is 0 Å². The van der Waals surface area contributed by atoms with Crippen LogP contribution in [0.1, 0.15) is 51.3 Å². The second kappa shape index (κ2) is 9.06. The minimum atomic E-state index is 0.0284.